The summed E-state index contributed by atoms with van der Waals surface area (Å²) in [5.74, 6) is 0.558. The molecular formula is C15H21NO. The lowest BCUT2D eigenvalue weighted by molar-refractivity contribution is -0.160. The van der Waals surface area contributed by atoms with Crippen LogP contribution in [0.5, 0.6) is 0 Å². The van der Waals surface area contributed by atoms with Crippen molar-refractivity contribution in [3.8, 4) is 0 Å². The molecule has 0 aromatic rings. The van der Waals surface area contributed by atoms with E-state index >= 15 is 0 Å². The molecule has 1 N–H and O–H groups in total. The molecule has 17 heavy (non-hydrogen) atoms. The van der Waals surface area contributed by atoms with E-state index in [1.165, 1.54) is 12.0 Å². The standard InChI is InChI=1S/C15H21NO/c1-10-6-11-7-12(2,3)8-14(11)13(9-16-14)4-5-15(10,13)17/h6,9,11,17H,4-5,7-8H2,1-3H3/t11-,13+,14-,15-/m1/s1. The molecular weight excluding hydrogens is 210 g/mol. The maximum atomic E-state index is 10.9. The predicted molar refractivity (Wildman–Crippen MR) is 68.1 cm³/mol. The van der Waals surface area contributed by atoms with Crippen molar-refractivity contribution in [2.75, 3.05) is 0 Å². The molecule has 92 valence electrons. The maximum absolute atomic E-state index is 10.9. The normalized spacial score (nSPS) is 57.2. The molecule has 2 nitrogen and oxygen atoms in total. The van der Waals surface area contributed by atoms with Gasteiger partial charge < -0.3 is 5.11 Å². The summed E-state index contributed by atoms with van der Waals surface area (Å²) in [7, 11) is 0. The number of nitrogens with zero attached hydrogens (tertiary/aromatic N) is 1. The lowest BCUT2D eigenvalue weighted by Crippen LogP contribution is -2.76. The molecule has 1 heterocycles. The van der Waals surface area contributed by atoms with Crippen molar-refractivity contribution in [1.29, 1.82) is 0 Å². The first-order chi connectivity index (χ1) is 7.85. The molecule has 4 atom stereocenters. The first kappa shape index (κ1) is 10.3. The Kier molecular flexibility index (Phi) is 1.45. The minimum absolute atomic E-state index is 0.00271. The van der Waals surface area contributed by atoms with E-state index in [0.717, 1.165) is 19.3 Å². The first-order valence-corrected chi connectivity index (χ1v) is 6.83. The SMILES string of the molecule is CC1=C[C@@H]2CC(C)(C)C[C@@]23N=C[C@@]32CC[C@@]12O. The summed E-state index contributed by atoms with van der Waals surface area (Å²) in [6.07, 6.45) is 8.85. The second-order valence-corrected chi connectivity index (χ2v) is 7.52. The van der Waals surface area contributed by atoms with Crippen LogP contribution < -0.4 is 0 Å². The van der Waals surface area contributed by atoms with Crippen LogP contribution in [0.15, 0.2) is 16.6 Å². The van der Waals surface area contributed by atoms with Crippen LogP contribution >= 0.6 is 0 Å². The van der Waals surface area contributed by atoms with Gasteiger partial charge in [0.1, 0.15) is 0 Å². The second kappa shape index (κ2) is 2.40. The van der Waals surface area contributed by atoms with Gasteiger partial charge in [0.05, 0.1) is 16.6 Å². The van der Waals surface area contributed by atoms with Crippen molar-refractivity contribution in [3.63, 3.8) is 0 Å². The summed E-state index contributed by atoms with van der Waals surface area (Å²) in [6.45, 7) is 6.81. The average Bonchev–Trinajstić information content (AvgIpc) is 2.46. The summed E-state index contributed by atoms with van der Waals surface area (Å²) >= 11 is 0. The second-order valence-electron chi connectivity index (χ2n) is 7.52. The lowest BCUT2D eigenvalue weighted by atomic mass is 9.40. The molecule has 0 radical (unpaired) electrons. The Morgan fingerprint density at radius 2 is 2.12 bits per heavy atom. The third-order valence-corrected chi connectivity index (χ3v) is 6.14. The zero-order valence-corrected chi connectivity index (χ0v) is 11.0. The molecule has 0 amide bonds. The first-order valence-electron chi connectivity index (χ1n) is 6.83. The van der Waals surface area contributed by atoms with E-state index in [4.69, 9.17) is 4.99 Å². The molecule has 2 heteroatoms. The molecule has 2 spiro atoms. The molecule has 2 saturated carbocycles. The van der Waals surface area contributed by atoms with Gasteiger partial charge in [0.25, 0.3) is 0 Å². The Labute approximate surface area is 103 Å². The molecule has 0 unspecified atom stereocenters. The molecule has 0 bridgehead atoms. The fraction of sp³-hybridized carbons (Fsp3) is 0.800. The number of hydrogen-bond acceptors (Lipinski definition) is 2. The van der Waals surface area contributed by atoms with Crippen molar-refractivity contribution < 1.29 is 5.11 Å². The fourth-order valence-electron chi connectivity index (χ4n) is 5.28. The van der Waals surface area contributed by atoms with E-state index in [9.17, 15) is 5.11 Å². The van der Waals surface area contributed by atoms with Gasteiger partial charge in [-0.3, -0.25) is 4.99 Å². The van der Waals surface area contributed by atoms with E-state index < -0.39 is 5.60 Å². The number of rotatable bonds is 0. The number of aliphatic hydroxyl groups is 1. The van der Waals surface area contributed by atoms with E-state index in [1.54, 1.807) is 0 Å². The Morgan fingerprint density at radius 1 is 1.35 bits per heavy atom. The predicted octanol–water partition coefficient (Wildman–Crippen LogP) is 2.72. The van der Waals surface area contributed by atoms with Crippen LogP contribution in [0.2, 0.25) is 0 Å². The fourth-order valence-corrected chi connectivity index (χ4v) is 5.28. The topological polar surface area (TPSA) is 32.6 Å². The van der Waals surface area contributed by atoms with Gasteiger partial charge in [-0.2, -0.15) is 0 Å². The third-order valence-electron chi connectivity index (χ3n) is 6.14. The van der Waals surface area contributed by atoms with Gasteiger partial charge in [-0.25, -0.2) is 0 Å². The zero-order valence-electron chi connectivity index (χ0n) is 11.0. The molecule has 4 rings (SSSR count). The van der Waals surface area contributed by atoms with Crippen molar-refractivity contribution >= 4 is 6.21 Å². The van der Waals surface area contributed by atoms with Crippen LogP contribution in [0.3, 0.4) is 0 Å². The smallest absolute Gasteiger partial charge is 0.0983 e. The molecule has 0 aromatic heterocycles. The molecule has 1 aliphatic heterocycles. The van der Waals surface area contributed by atoms with E-state index in [-0.39, 0.29) is 11.0 Å². The Bertz CT molecular complexity index is 477. The van der Waals surface area contributed by atoms with Gasteiger partial charge in [-0.1, -0.05) is 19.9 Å². The van der Waals surface area contributed by atoms with Gasteiger partial charge in [0.2, 0.25) is 0 Å². The Hall–Kier alpha value is -0.630. The largest absolute Gasteiger partial charge is 0.384 e. The zero-order chi connectivity index (χ0) is 12.1. The van der Waals surface area contributed by atoms with Gasteiger partial charge in [-0.05, 0) is 43.6 Å². The van der Waals surface area contributed by atoms with Crippen molar-refractivity contribution in [2.24, 2.45) is 21.7 Å². The van der Waals surface area contributed by atoms with Crippen molar-refractivity contribution in [1.82, 2.24) is 0 Å². The van der Waals surface area contributed by atoms with Crippen molar-refractivity contribution in [2.45, 2.75) is 57.6 Å². The average molecular weight is 231 g/mol. The van der Waals surface area contributed by atoms with E-state index in [2.05, 4.69) is 33.1 Å². The van der Waals surface area contributed by atoms with Crippen LogP contribution in [0.4, 0.5) is 0 Å². The highest BCUT2D eigenvalue weighted by atomic mass is 16.3. The van der Waals surface area contributed by atoms with E-state index in [0.29, 0.717) is 11.3 Å². The summed E-state index contributed by atoms with van der Waals surface area (Å²) in [5.41, 5.74) is 1.05. The highest BCUT2D eigenvalue weighted by Gasteiger charge is 2.77. The van der Waals surface area contributed by atoms with Crippen LogP contribution in [-0.4, -0.2) is 22.5 Å². The molecule has 0 aromatic carbocycles. The third kappa shape index (κ3) is 0.806. The minimum Gasteiger partial charge on any atom is -0.384 e. The lowest BCUT2D eigenvalue weighted by Gasteiger charge is -2.69. The molecule has 4 aliphatic rings. The highest BCUT2D eigenvalue weighted by molar-refractivity contribution is 5.82. The quantitative estimate of drug-likeness (QED) is 0.639. The van der Waals surface area contributed by atoms with Gasteiger partial charge in [0, 0.05) is 12.1 Å². The molecule has 0 saturated heterocycles. The summed E-state index contributed by atoms with van der Waals surface area (Å²) < 4.78 is 0. The number of aliphatic imine (C=N–C) groups is 1. The Morgan fingerprint density at radius 3 is 2.65 bits per heavy atom. The van der Waals surface area contributed by atoms with Crippen LogP contribution in [0, 0.1) is 16.7 Å². The number of hydrogen-bond donors (Lipinski definition) is 1. The van der Waals surface area contributed by atoms with Gasteiger partial charge in [0.15, 0.2) is 0 Å². The van der Waals surface area contributed by atoms with Crippen molar-refractivity contribution in [3.05, 3.63) is 11.6 Å². The van der Waals surface area contributed by atoms with Crippen LogP contribution in [-0.2, 0) is 0 Å². The molecule has 3 aliphatic carbocycles. The van der Waals surface area contributed by atoms with E-state index in [1.807, 2.05) is 0 Å². The minimum atomic E-state index is -0.564. The Balaban J connectivity index is 1.92. The summed E-state index contributed by atoms with van der Waals surface area (Å²) in [6, 6.07) is 0. The maximum Gasteiger partial charge on any atom is 0.0983 e. The van der Waals surface area contributed by atoms with Gasteiger partial charge in [-0.15, -0.1) is 0 Å². The van der Waals surface area contributed by atoms with Crippen LogP contribution in [0.25, 0.3) is 0 Å². The summed E-state index contributed by atoms with van der Waals surface area (Å²) in [4.78, 5) is 4.80. The monoisotopic (exact) mass is 231 g/mol. The summed E-state index contributed by atoms with van der Waals surface area (Å²) in [5, 5.41) is 10.9. The molecule has 2 fully saturated rings. The van der Waals surface area contributed by atoms with Crippen LogP contribution in [0.1, 0.15) is 46.5 Å². The van der Waals surface area contributed by atoms with Gasteiger partial charge >= 0.3 is 0 Å². The highest BCUT2D eigenvalue weighted by Crippen LogP contribution is 2.73.